The number of halogens is 2. The number of carboxylic acids is 2. The molecule has 0 saturated carbocycles. The van der Waals surface area contributed by atoms with Crippen molar-refractivity contribution in [1.82, 2.24) is 9.97 Å². The van der Waals surface area contributed by atoms with E-state index >= 15 is 0 Å². The molecule has 1 amide bonds. The van der Waals surface area contributed by atoms with E-state index in [9.17, 15) is 18.8 Å². The van der Waals surface area contributed by atoms with Crippen LogP contribution in [0.2, 0.25) is 5.02 Å². The first-order valence-electron chi connectivity index (χ1n) is 11.4. The van der Waals surface area contributed by atoms with Gasteiger partial charge in [0, 0.05) is 28.9 Å². The molecule has 3 aromatic carbocycles. The zero-order chi connectivity index (χ0) is 29.1. The standard InChI is InChI=1S/C24H18ClFN4O2.C4H4O4/c1-2-23(31)29-17-6-8-21-19(11-17)24(28-14-27-21)30-18-7-9-22(20(25)12-18)32-13-15-4-3-5-16(26)10-15;5-3(6)1-2-4(7)8/h2-12,14H,1,13H2,(H,29,31)(H,27,28,30);1-2H,(H,5,6)(H,7,8)/b;2-1-. The zero-order valence-electron chi connectivity index (χ0n) is 20.7. The molecular formula is C28H22ClFN4O6. The van der Waals surface area contributed by atoms with Crippen molar-refractivity contribution < 1.29 is 33.7 Å². The molecule has 0 atom stereocenters. The Morgan fingerprint density at radius 1 is 0.975 bits per heavy atom. The Labute approximate surface area is 232 Å². The maximum atomic E-state index is 13.3. The molecule has 0 radical (unpaired) electrons. The van der Waals surface area contributed by atoms with Crippen LogP contribution in [0.15, 0.2) is 91.8 Å². The number of fused-ring (bicyclic) bond motifs is 1. The minimum Gasteiger partial charge on any atom is -0.487 e. The predicted octanol–water partition coefficient (Wildman–Crippen LogP) is 5.58. The highest BCUT2D eigenvalue weighted by molar-refractivity contribution is 6.32. The van der Waals surface area contributed by atoms with Crippen LogP contribution in [-0.2, 0) is 21.0 Å². The van der Waals surface area contributed by atoms with Crippen LogP contribution in [0.1, 0.15) is 5.56 Å². The Balaban J connectivity index is 0.000000482. The van der Waals surface area contributed by atoms with Gasteiger partial charge in [0.15, 0.2) is 0 Å². The molecular weight excluding hydrogens is 543 g/mol. The van der Waals surface area contributed by atoms with Crippen LogP contribution in [0.25, 0.3) is 10.9 Å². The highest BCUT2D eigenvalue weighted by atomic mass is 35.5. The van der Waals surface area contributed by atoms with Crippen molar-refractivity contribution in [3.05, 3.63) is 108 Å². The summed E-state index contributed by atoms with van der Waals surface area (Å²) in [6, 6.07) is 16.7. The average molecular weight is 565 g/mol. The first kappa shape index (κ1) is 29.3. The lowest BCUT2D eigenvalue weighted by atomic mass is 10.2. The Bertz CT molecular complexity index is 1580. The Hall–Kier alpha value is -5.29. The highest BCUT2D eigenvalue weighted by Crippen LogP contribution is 2.31. The largest absolute Gasteiger partial charge is 0.487 e. The van der Waals surface area contributed by atoms with Crippen LogP contribution >= 0.6 is 11.6 Å². The number of carbonyl (C=O) groups excluding carboxylic acids is 1. The summed E-state index contributed by atoms with van der Waals surface area (Å²) in [5.41, 5.74) is 2.70. The van der Waals surface area contributed by atoms with Crippen molar-refractivity contribution in [2.75, 3.05) is 10.6 Å². The van der Waals surface area contributed by atoms with Gasteiger partial charge in [-0.15, -0.1) is 0 Å². The topological polar surface area (TPSA) is 151 Å². The SMILES string of the molecule is C=CC(=O)Nc1ccc2ncnc(Nc3ccc(OCc4cccc(F)c4)c(Cl)c3)c2c1.O=C(O)/C=C\C(=O)O. The van der Waals surface area contributed by atoms with Gasteiger partial charge in [-0.3, -0.25) is 4.79 Å². The van der Waals surface area contributed by atoms with Gasteiger partial charge < -0.3 is 25.6 Å². The number of carbonyl (C=O) groups is 3. The quantitative estimate of drug-likeness (QED) is 0.191. The summed E-state index contributed by atoms with van der Waals surface area (Å²) in [5.74, 6) is -2.12. The molecule has 0 spiro atoms. The summed E-state index contributed by atoms with van der Waals surface area (Å²) < 4.78 is 19.0. The number of carboxylic acid groups (broad SMARTS) is 2. The fourth-order valence-electron chi connectivity index (χ4n) is 3.19. The zero-order valence-corrected chi connectivity index (χ0v) is 21.4. The third-order valence-electron chi connectivity index (χ3n) is 4.93. The van der Waals surface area contributed by atoms with Crippen molar-refractivity contribution in [2.45, 2.75) is 6.61 Å². The van der Waals surface area contributed by atoms with Gasteiger partial charge in [0.25, 0.3) is 0 Å². The number of hydrogen-bond acceptors (Lipinski definition) is 7. The van der Waals surface area contributed by atoms with E-state index in [4.69, 9.17) is 26.6 Å². The van der Waals surface area contributed by atoms with E-state index in [0.717, 1.165) is 5.39 Å². The maximum absolute atomic E-state index is 13.3. The molecule has 204 valence electrons. The number of nitrogens with one attached hydrogen (secondary N) is 2. The van der Waals surface area contributed by atoms with Crippen molar-refractivity contribution >= 4 is 57.5 Å². The van der Waals surface area contributed by atoms with E-state index < -0.39 is 11.9 Å². The lowest BCUT2D eigenvalue weighted by Crippen LogP contribution is -2.07. The van der Waals surface area contributed by atoms with E-state index in [2.05, 4.69) is 27.2 Å². The molecule has 4 rings (SSSR count). The third-order valence-corrected chi connectivity index (χ3v) is 5.23. The number of ether oxygens (including phenoxy) is 1. The van der Waals surface area contributed by atoms with Gasteiger partial charge in [-0.2, -0.15) is 0 Å². The van der Waals surface area contributed by atoms with Gasteiger partial charge in [0.05, 0.1) is 10.5 Å². The van der Waals surface area contributed by atoms with E-state index in [-0.39, 0.29) is 18.3 Å². The average Bonchev–Trinajstić information content (AvgIpc) is 2.92. The van der Waals surface area contributed by atoms with E-state index in [1.807, 2.05) is 0 Å². The second-order valence-corrected chi connectivity index (χ2v) is 8.25. The fraction of sp³-hybridized carbons (Fsp3) is 0.0357. The summed E-state index contributed by atoms with van der Waals surface area (Å²) in [5, 5.41) is 22.7. The first-order chi connectivity index (χ1) is 19.1. The molecule has 1 aromatic heterocycles. The van der Waals surface area contributed by atoms with Gasteiger partial charge in [0.2, 0.25) is 5.91 Å². The second-order valence-electron chi connectivity index (χ2n) is 7.85. The molecule has 0 unspecified atom stereocenters. The smallest absolute Gasteiger partial charge is 0.328 e. The molecule has 0 aliphatic heterocycles. The van der Waals surface area contributed by atoms with E-state index in [0.29, 0.717) is 51.2 Å². The summed E-state index contributed by atoms with van der Waals surface area (Å²) >= 11 is 6.38. The van der Waals surface area contributed by atoms with Gasteiger partial charge in [-0.25, -0.2) is 23.9 Å². The maximum Gasteiger partial charge on any atom is 0.328 e. The number of rotatable bonds is 9. The Morgan fingerprint density at radius 2 is 1.70 bits per heavy atom. The number of anilines is 3. The molecule has 0 bridgehead atoms. The van der Waals surface area contributed by atoms with Crippen LogP contribution in [0.4, 0.5) is 21.6 Å². The van der Waals surface area contributed by atoms with E-state index in [1.165, 1.54) is 24.5 Å². The van der Waals surface area contributed by atoms with Crippen molar-refractivity contribution in [2.24, 2.45) is 0 Å². The molecule has 12 heteroatoms. The van der Waals surface area contributed by atoms with E-state index in [1.54, 1.807) is 48.5 Å². The van der Waals surface area contributed by atoms with Crippen LogP contribution in [-0.4, -0.2) is 38.0 Å². The number of aromatic nitrogens is 2. The molecule has 0 aliphatic carbocycles. The van der Waals surface area contributed by atoms with Crippen LogP contribution < -0.4 is 15.4 Å². The molecule has 10 nitrogen and oxygen atoms in total. The minimum absolute atomic E-state index is 0.194. The van der Waals surface area contributed by atoms with Crippen molar-refractivity contribution in [3.8, 4) is 5.75 Å². The lowest BCUT2D eigenvalue weighted by Gasteiger charge is -2.12. The monoisotopic (exact) mass is 564 g/mol. The summed E-state index contributed by atoms with van der Waals surface area (Å²) in [4.78, 5) is 39.3. The molecule has 1 heterocycles. The summed E-state index contributed by atoms with van der Waals surface area (Å²) in [7, 11) is 0. The van der Waals surface area contributed by atoms with Crippen LogP contribution in [0, 0.1) is 5.82 Å². The number of aliphatic carboxylic acids is 2. The third kappa shape index (κ3) is 8.92. The predicted molar refractivity (Wildman–Crippen MR) is 148 cm³/mol. The summed E-state index contributed by atoms with van der Waals surface area (Å²) in [6.07, 6.45) is 3.76. The van der Waals surface area contributed by atoms with Gasteiger partial charge >= 0.3 is 11.9 Å². The van der Waals surface area contributed by atoms with Crippen LogP contribution in [0.3, 0.4) is 0 Å². The van der Waals surface area contributed by atoms with Crippen LogP contribution in [0.5, 0.6) is 5.75 Å². The number of nitrogens with zero attached hydrogens (tertiary/aromatic N) is 2. The molecule has 0 fully saturated rings. The van der Waals surface area contributed by atoms with Gasteiger partial charge in [-0.1, -0.05) is 30.3 Å². The molecule has 40 heavy (non-hydrogen) atoms. The Kier molecular flexibility index (Phi) is 10.3. The number of amides is 1. The summed E-state index contributed by atoms with van der Waals surface area (Å²) in [6.45, 7) is 3.65. The lowest BCUT2D eigenvalue weighted by molar-refractivity contribution is -0.134. The fourth-order valence-corrected chi connectivity index (χ4v) is 3.43. The minimum atomic E-state index is -1.26. The molecule has 0 saturated heterocycles. The normalized spacial score (nSPS) is 10.3. The molecule has 4 N–H and O–H groups in total. The van der Waals surface area contributed by atoms with Gasteiger partial charge in [-0.05, 0) is 60.2 Å². The number of hydrogen-bond donors (Lipinski definition) is 4. The molecule has 0 aliphatic rings. The van der Waals surface area contributed by atoms with Crippen molar-refractivity contribution in [3.63, 3.8) is 0 Å². The highest BCUT2D eigenvalue weighted by Gasteiger charge is 2.09. The number of benzene rings is 3. The van der Waals surface area contributed by atoms with Gasteiger partial charge in [0.1, 0.15) is 30.3 Å². The Morgan fingerprint density at radius 3 is 2.35 bits per heavy atom. The molecule has 4 aromatic rings. The first-order valence-corrected chi connectivity index (χ1v) is 11.8. The van der Waals surface area contributed by atoms with Crippen molar-refractivity contribution in [1.29, 1.82) is 0 Å². The second kappa shape index (κ2) is 14.0.